The van der Waals surface area contributed by atoms with Gasteiger partial charge in [-0.3, -0.25) is 4.79 Å². The van der Waals surface area contributed by atoms with Crippen molar-refractivity contribution in [1.29, 1.82) is 0 Å². The fourth-order valence-electron chi connectivity index (χ4n) is 3.52. The highest BCUT2D eigenvalue weighted by molar-refractivity contribution is 7.99. The number of carbonyl (C=O) groups excluding carboxylic acids is 1. The summed E-state index contributed by atoms with van der Waals surface area (Å²) in [6.07, 6.45) is -0.878. The monoisotopic (exact) mass is 553 g/mol. The zero-order valence-corrected chi connectivity index (χ0v) is 21.4. The maximum Gasteiger partial charge on any atom is 0.468 e. The topological polar surface area (TPSA) is 113 Å². The molecule has 0 saturated carbocycles. The van der Waals surface area contributed by atoms with E-state index in [0.29, 0.717) is 12.0 Å². The first-order valence-corrected chi connectivity index (χ1v) is 13.8. The van der Waals surface area contributed by atoms with Crippen LogP contribution in [0.1, 0.15) is 16.4 Å². The molecule has 9 nitrogen and oxygen atoms in total. The van der Waals surface area contributed by atoms with Crippen molar-refractivity contribution in [1.82, 2.24) is 15.0 Å². The molecule has 37 heavy (non-hydrogen) atoms. The number of hydrogen-bond acceptors (Lipinski definition) is 10. The molecule has 0 unspecified atom stereocenters. The van der Waals surface area contributed by atoms with Gasteiger partial charge in [0.15, 0.2) is 5.69 Å². The number of nitrogen functional groups attached to an aromatic ring is 1. The number of halogens is 3. The fraction of sp³-hybridized carbons (Fsp3) is 0.391. The summed E-state index contributed by atoms with van der Waals surface area (Å²) >= 11 is 3.89. The lowest BCUT2D eigenvalue weighted by Crippen LogP contribution is -2.33. The summed E-state index contributed by atoms with van der Waals surface area (Å²) in [5.41, 5.74) is 6.23. The Balaban J connectivity index is 0.000000207. The van der Waals surface area contributed by atoms with Crippen LogP contribution in [0.3, 0.4) is 0 Å². The van der Waals surface area contributed by atoms with Gasteiger partial charge in [-0.15, -0.1) is 0 Å². The largest absolute Gasteiger partial charge is 0.468 e. The maximum absolute atomic E-state index is 12.4. The molecule has 198 valence electrons. The number of pyridine rings is 2. The van der Waals surface area contributed by atoms with Gasteiger partial charge in [0.1, 0.15) is 17.9 Å². The van der Waals surface area contributed by atoms with E-state index in [1.165, 1.54) is 17.7 Å². The minimum absolute atomic E-state index is 0.367. The molecule has 0 atom stereocenters. The third-order valence-electron chi connectivity index (χ3n) is 5.43. The van der Waals surface area contributed by atoms with Crippen LogP contribution < -0.4 is 20.9 Å². The number of nitrogens with zero attached hydrogens (tertiary/aromatic N) is 5. The van der Waals surface area contributed by atoms with E-state index in [-0.39, 0.29) is 0 Å². The van der Waals surface area contributed by atoms with Crippen LogP contribution in [0.2, 0.25) is 0 Å². The number of aromatic nitrogens is 3. The molecule has 2 aliphatic heterocycles. The molecule has 3 N–H and O–H groups in total. The van der Waals surface area contributed by atoms with Crippen LogP contribution in [0.25, 0.3) is 0 Å². The van der Waals surface area contributed by atoms with Gasteiger partial charge >= 0.3 is 12.1 Å². The van der Waals surface area contributed by atoms with Gasteiger partial charge in [0.25, 0.3) is 5.91 Å². The number of amides is 1. The van der Waals surface area contributed by atoms with Gasteiger partial charge < -0.3 is 25.3 Å². The normalized spacial score (nSPS) is 16.1. The van der Waals surface area contributed by atoms with E-state index in [1.54, 1.807) is 18.3 Å². The van der Waals surface area contributed by atoms with E-state index in [4.69, 9.17) is 5.73 Å². The molecule has 0 radical (unpaired) electrons. The Morgan fingerprint density at radius 1 is 0.919 bits per heavy atom. The second-order valence-corrected chi connectivity index (χ2v) is 10.5. The lowest BCUT2D eigenvalue weighted by molar-refractivity contribution is -0.157. The molecule has 2 aliphatic rings. The molecule has 0 aromatic carbocycles. The summed E-state index contributed by atoms with van der Waals surface area (Å²) in [6.45, 7) is 4.01. The van der Waals surface area contributed by atoms with Gasteiger partial charge in [-0.2, -0.15) is 36.7 Å². The lowest BCUT2D eigenvalue weighted by Gasteiger charge is -2.27. The molecular formula is C23H26F3N7O2S2. The number of nitrogens with two attached hydrogens (primary N) is 1. The molecule has 0 bridgehead atoms. The van der Waals surface area contributed by atoms with Crippen LogP contribution in [-0.2, 0) is 6.18 Å². The average Bonchev–Trinajstić information content (AvgIpc) is 3.43. The van der Waals surface area contributed by atoms with Crippen molar-refractivity contribution < 1.29 is 22.4 Å². The summed E-state index contributed by atoms with van der Waals surface area (Å²) in [4.78, 5) is 28.0. The van der Waals surface area contributed by atoms with Crippen LogP contribution >= 0.6 is 23.5 Å². The molecule has 3 aromatic rings. The second kappa shape index (κ2) is 12.4. The molecular weight excluding hydrogens is 527 g/mol. The van der Waals surface area contributed by atoms with Crippen LogP contribution in [0.15, 0.2) is 47.3 Å². The summed E-state index contributed by atoms with van der Waals surface area (Å²) in [5, 5.41) is 2.44. The van der Waals surface area contributed by atoms with E-state index in [9.17, 15) is 18.0 Å². The number of oxazole rings is 1. The molecule has 1 amide bonds. The van der Waals surface area contributed by atoms with E-state index in [2.05, 4.69) is 34.5 Å². The molecule has 0 aliphatic carbocycles. The van der Waals surface area contributed by atoms with Crippen molar-refractivity contribution >= 4 is 52.4 Å². The van der Waals surface area contributed by atoms with Gasteiger partial charge in [0.05, 0.1) is 23.8 Å². The molecule has 5 rings (SSSR count). The van der Waals surface area contributed by atoms with Crippen LogP contribution in [0, 0.1) is 0 Å². The molecule has 0 spiro atoms. The molecule has 2 fully saturated rings. The minimum Gasteiger partial charge on any atom is -0.441 e. The number of carbonyl (C=O) groups is 1. The van der Waals surface area contributed by atoms with Crippen molar-refractivity contribution in [2.45, 2.75) is 6.18 Å². The van der Waals surface area contributed by atoms with Crippen LogP contribution in [0.5, 0.6) is 0 Å². The van der Waals surface area contributed by atoms with Crippen molar-refractivity contribution in [3.05, 3.63) is 54.5 Å². The SMILES string of the molecule is Nc1ccc(N2CCSCC2)nc1.O=C(Nc1ccc(N2CCSCC2)nc1)c1coc(C(F)(F)F)n1. The van der Waals surface area contributed by atoms with Crippen molar-refractivity contribution in [3.8, 4) is 0 Å². The summed E-state index contributed by atoms with van der Waals surface area (Å²) in [5.74, 6) is 4.07. The number of rotatable bonds is 4. The Labute approximate surface area is 220 Å². The molecule has 3 aromatic heterocycles. The number of thioether (sulfide) groups is 2. The minimum atomic E-state index is -4.73. The average molecular weight is 554 g/mol. The van der Waals surface area contributed by atoms with Gasteiger partial charge in [0, 0.05) is 49.2 Å². The predicted octanol–water partition coefficient (Wildman–Crippen LogP) is 4.11. The first-order valence-electron chi connectivity index (χ1n) is 11.5. The number of anilines is 4. The maximum atomic E-state index is 12.4. The Morgan fingerprint density at radius 2 is 1.49 bits per heavy atom. The van der Waals surface area contributed by atoms with Gasteiger partial charge in [-0.25, -0.2) is 15.0 Å². The summed E-state index contributed by atoms with van der Waals surface area (Å²) in [6, 6.07) is 7.30. The molecule has 5 heterocycles. The third kappa shape index (κ3) is 7.68. The zero-order chi connectivity index (χ0) is 26.3. The smallest absolute Gasteiger partial charge is 0.441 e. The molecule has 2 saturated heterocycles. The number of nitrogens with one attached hydrogen (secondary N) is 1. The highest BCUT2D eigenvalue weighted by atomic mass is 32.2. The van der Waals surface area contributed by atoms with E-state index < -0.39 is 23.7 Å². The first kappa shape index (κ1) is 26.9. The second-order valence-electron chi connectivity index (χ2n) is 8.04. The van der Waals surface area contributed by atoms with Crippen LogP contribution in [-0.4, -0.2) is 70.0 Å². The molecule has 14 heteroatoms. The Bertz CT molecular complexity index is 1150. The first-order chi connectivity index (χ1) is 17.8. The third-order valence-corrected chi connectivity index (χ3v) is 7.31. The van der Waals surface area contributed by atoms with E-state index in [1.807, 2.05) is 35.7 Å². The van der Waals surface area contributed by atoms with Gasteiger partial charge in [-0.05, 0) is 24.3 Å². The van der Waals surface area contributed by atoms with Crippen LogP contribution in [0.4, 0.5) is 36.2 Å². The lowest BCUT2D eigenvalue weighted by atomic mass is 10.3. The quantitative estimate of drug-likeness (QED) is 0.489. The van der Waals surface area contributed by atoms with E-state index >= 15 is 0 Å². The van der Waals surface area contributed by atoms with Gasteiger partial charge in [0.2, 0.25) is 0 Å². The zero-order valence-electron chi connectivity index (χ0n) is 19.8. The van der Waals surface area contributed by atoms with Crippen molar-refractivity contribution in [2.75, 3.05) is 70.0 Å². The Morgan fingerprint density at radius 3 is 1.95 bits per heavy atom. The highest BCUT2D eigenvalue weighted by Crippen LogP contribution is 2.28. The number of alkyl halides is 3. The standard InChI is InChI=1S/C14H13F3N4O2S.C9H13N3S/c15-14(16,17)13-20-10(8-23-13)12(22)19-9-1-2-11(18-7-9)21-3-5-24-6-4-21;10-8-1-2-9(11-7-8)12-3-5-13-6-4-12/h1-2,7-8H,3-6H2,(H,19,22);1-2,7H,3-6,10H2. The van der Waals surface area contributed by atoms with Crippen molar-refractivity contribution in [2.24, 2.45) is 0 Å². The number of hydrogen-bond donors (Lipinski definition) is 2. The predicted molar refractivity (Wildman–Crippen MR) is 141 cm³/mol. The van der Waals surface area contributed by atoms with Crippen molar-refractivity contribution in [3.63, 3.8) is 0 Å². The summed E-state index contributed by atoms with van der Waals surface area (Å²) < 4.78 is 41.5. The Kier molecular flexibility index (Phi) is 9.03. The fourth-order valence-corrected chi connectivity index (χ4v) is 5.33. The highest BCUT2D eigenvalue weighted by Gasteiger charge is 2.37. The Hall–Kier alpha value is -3.13. The summed E-state index contributed by atoms with van der Waals surface area (Å²) in [7, 11) is 0. The van der Waals surface area contributed by atoms with Gasteiger partial charge in [-0.1, -0.05) is 0 Å². The van der Waals surface area contributed by atoms with E-state index in [0.717, 1.165) is 55.0 Å².